The van der Waals surface area contributed by atoms with Gasteiger partial charge in [-0.25, -0.2) is 0 Å². The molecule has 2 fully saturated rings. The molecule has 2 aliphatic heterocycles. The van der Waals surface area contributed by atoms with Crippen LogP contribution in [0.2, 0.25) is 0 Å². The van der Waals surface area contributed by atoms with E-state index in [1.165, 1.54) is 44.3 Å². The molecule has 0 saturated carbocycles. The van der Waals surface area contributed by atoms with Crippen LogP contribution in [0.5, 0.6) is 0 Å². The molecule has 116 valence electrons. The van der Waals surface area contributed by atoms with E-state index in [0.29, 0.717) is 12.1 Å². The molecule has 0 radical (unpaired) electrons. The molecule has 0 bridgehead atoms. The number of ether oxygens (including phenoxy) is 1. The zero-order valence-electron chi connectivity index (χ0n) is 13.1. The molecule has 21 heavy (non-hydrogen) atoms. The second-order valence-electron chi connectivity index (χ2n) is 6.41. The molecule has 0 unspecified atom stereocenters. The summed E-state index contributed by atoms with van der Waals surface area (Å²) in [7, 11) is 2.23. The van der Waals surface area contributed by atoms with E-state index in [4.69, 9.17) is 4.74 Å². The van der Waals surface area contributed by atoms with Crippen LogP contribution >= 0.6 is 0 Å². The summed E-state index contributed by atoms with van der Waals surface area (Å²) in [5.74, 6) is 0. The van der Waals surface area contributed by atoms with E-state index < -0.39 is 0 Å². The highest BCUT2D eigenvalue weighted by atomic mass is 16.5. The van der Waals surface area contributed by atoms with Crippen LogP contribution in [0.1, 0.15) is 31.2 Å². The summed E-state index contributed by atoms with van der Waals surface area (Å²) < 4.78 is 5.56. The molecule has 2 aliphatic rings. The summed E-state index contributed by atoms with van der Waals surface area (Å²) in [5, 5.41) is 0. The molecule has 1 aromatic heterocycles. The highest BCUT2D eigenvalue weighted by Crippen LogP contribution is 2.25. The van der Waals surface area contributed by atoms with Gasteiger partial charge in [0.25, 0.3) is 0 Å². The largest absolute Gasteiger partial charge is 0.381 e. The Morgan fingerprint density at radius 3 is 2.57 bits per heavy atom. The van der Waals surface area contributed by atoms with Crippen molar-refractivity contribution in [1.82, 2.24) is 14.8 Å². The highest BCUT2D eigenvalue weighted by molar-refractivity contribution is 5.09. The van der Waals surface area contributed by atoms with Gasteiger partial charge in [0.05, 0.1) is 0 Å². The van der Waals surface area contributed by atoms with Crippen LogP contribution < -0.4 is 0 Å². The molecular weight excluding hydrogens is 262 g/mol. The average Bonchev–Trinajstić information content (AvgIpc) is 2.55. The van der Waals surface area contributed by atoms with E-state index in [1.807, 2.05) is 18.5 Å². The first kappa shape index (κ1) is 14.9. The Kier molecular flexibility index (Phi) is 5.22. The molecule has 0 aliphatic carbocycles. The minimum Gasteiger partial charge on any atom is -0.381 e. The fourth-order valence-corrected chi connectivity index (χ4v) is 3.60. The van der Waals surface area contributed by atoms with Crippen molar-refractivity contribution < 1.29 is 4.74 Å². The van der Waals surface area contributed by atoms with Gasteiger partial charge in [-0.15, -0.1) is 0 Å². The van der Waals surface area contributed by atoms with Gasteiger partial charge in [-0.3, -0.25) is 9.88 Å². The lowest BCUT2D eigenvalue weighted by molar-refractivity contribution is -0.000584. The summed E-state index contributed by atoms with van der Waals surface area (Å²) in [6.07, 6.45) is 8.79. The average molecular weight is 289 g/mol. The lowest BCUT2D eigenvalue weighted by atomic mass is 9.97. The summed E-state index contributed by atoms with van der Waals surface area (Å²) in [4.78, 5) is 9.47. The third kappa shape index (κ3) is 4.02. The molecule has 0 amide bonds. The van der Waals surface area contributed by atoms with Gasteiger partial charge in [0, 0.05) is 44.2 Å². The third-order valence-electron chi connectivity index (χ3n) is 4.90. The maximum absolute atomic E-state index is 5.56. The van der Waals surface area contributed by atoms with E-state index in [-0.39, 0.29) is 0 Å². The topological polar surface area (TPSA) is 28.6 Å². The molecule has 0 aromatic carbocycles. The quantitative estimate of drug-likeness (QED) is 0.849. The number of hydrogen-bond acceptors (Lipinski definition) is 4. The van der Waals surface area contributed by atoms with Crippen molar-refractivity contribution in [3.05, 3.63) is 30.1 Å². The maximum atomic E-state index is 5.56. The van der Waals surface area contributed by atoms with Gasteiger partial charge in [-0.1, -0.05) is 6.07 Å². The second-order valence-corrected chi connectivity index (χ2v) is 6.41. The molecule has 2 saturated heterocycles. The van der Waals surface area contributed by atoms with Crippen molar-refractivity contribution in [3.63, 3.8) is 0 Å². The van der Waals surface area contributed by atoms with Crippen molar-refractivity contribution in [2.75, 3.05) is 33.4 Å². The molecule has 1 aromatic rings. The fraction of sp³-hybridized carbons (Fsp3) is 0.706. The van der Waals surface area contributed by atoms with Crippen LogP contribution in [0.15, 0.2) is 24.5 Å². The maximum Gasteiger partial charge on any atom is 0.0480 e. The standard InChI is InChI=1S/C17H27N3O/c1-19-9-4-16(5-10-19)20(17-6-11-21-12-7-17)14-15-3-2-8-18-13-15/h2-3,8,13,16-17H,4-7,9-12,14H2,1H3. The van der Waals surface area contributed by atoms with Crippen molar-refractivity contribution in [2.24, 2.45) is 0 Å². The number of hydrogen-bond donors (Lipinski definition) is 0. The Morgan fingerprint density at radius 2 is 1.90 bits per heavy atom. The van der Waals surface area contributed by atoms with E-state index in [1.54, 1.807) is 0 Å². The van der Waals surface area contributed by atoms with Gasteiger partial charge in [0.15, 0.2) is 0 Å². The fourth-order valence-electron chi connectivity index (χ4n) is 3.60. The zero-order chi connectivity index (χ0) is 14.5. The van der Waals surface area contributed by atoms with Crippen LogP contribution in [0.4, 0.5) is 0 Å². The molecule has 4 nitrogen and oxygen atoms in total. The number of aromatic nitrogens is 1. The first-order valence-corrected chi connectivity index (χ1v) is 8.24. The van der Waals surface area contributed by atoms with Crippen molar-refractivity contribution >= 4 is 0 Å². The number of piperidine rings is 1. The summed E-state index contributed by atoms with van der Waals surface area (Å²) in [6.45, 7) is 5.31. The molecular formula is C17H27N3O. The monoisotopic (exact) mass is 289 g/mol. The molecule has 0 spiro atoms. The van der Waals surface area contributed by atoms with E-state index >= 15 is 0 Å². The molecule has 3 heterocycles. The lowest BCUT2D eigenvalue weighted by Crippen LogP contribution is -2.49. The first-order chi connectivity index (χ1) is 10.3. The Hall–Kier alpha value is -0.970. The summed E-state index contributed by atoms with van der Waals surface area (Å²) in [6, 6.07) is 5.64. The highest BCUT2D eigenvalue weighted by Gasteiger charge is 2.30. The van der Waals surface area contributed by atoms with Gasteiger partial charge in [0.2, 0.25) is 0 Å². The van der Waals surface area contributed by atoms with Gasteiger partial charge in [-0.2, -0.15) is 0 Å². The normalized spacial score (nSPS) is 22.8. The molecule has 4 heteroatoms. The molecule has 0 atom stereocenters. The minimum atomic E-state index is 0.673. The Bertz CT molecular complexity index is 411. The Balaban J connectivity index is 1.70. The van der Waals surface area contributed by atoms with Crippen LogP contribution in [-0.2, 0) is 11.3 Å². The SMILES string of the molecule is CN1CCC(N(Cc2cccnc2)C2CCOCC2)CC1. The smallest absolute Gasteiger partial charge is 0.0480 e. The van der Waals surface area contributed by atoms with E-state index in [2.05, 4.69) is 27.9 Å². The summed E-state index contributed by atoms with van der Waals surface area (Å²) in [5.41, 5.74) is 1.34. The Morgan fingerprint density at radius 1 is 1.19 bits per heavy atom. The molecule has 0 N–H and O–H groups in total. The van der Waals surface area contributed by atoms with E-state index in [9.17, 15) is 0 Å². The lowest BCUT2D eigenvalue weighted by Gasteiger charge is -2.43. The molecule has 3 rings (SSSR count). The Labute approximate surface area is 128 Å². The second kappa shape index (κ2) is 7.34. The number of likely N-dealkylation sites (tertiary alicyclic amines) is 1. The van der Waals surface area contributed by atoms with Gasteiger partial charge in [0.1, 0.15) is 0 Å². The van der Waals surface area contributed by atoms with Crippen LogP contribution in [-0.4, -0.2) is 60.2 Å². The van der Waals surface area contributed by atoms with E-state index in [0.717, 1.165) is 19.8 Å². The number of pyridine rings is 1. The number of rotatable bonds is 4. The van der Waals surface area contributed by atoms with Gasteiger partial charge < -0.3 is 9.64 Å². The zero-order valence-corrected chi connectivity index (χ0v) is 13.1. The van der Waals surface area contributed by atoms with Crippen LogP contribution in [0.25, 0.3) is 0 Å². The van der Waals surface area contributed by atoms with Crippen molar-refractivity contribution in [1.29, 1.82) is 0 Å². The van der Waals surface area contributed by atoms with Crippen molar-refractivity contribution in [2.45, 2.75) is 44.3 Å². The number of nitrogens with zero attached hydrogens (tertiary/aromatic N) is 3. The third-order valence-corrected chi connectivity index (χ3v) is 4.90. The first-order valence-electron chi connectivity index (χ1n) is 8.24. The van der Waals surface area contributed by atoms with Crippen LogP contribution in [0, 0.1) is 0 Å². The van der Waals surface area contributed by atoms with Crippen LogP contribution in [0.3, 0.4) is 0 Å². The predicted octanol–water partition coefficient (Wildman–Crippen LogP) is 2.16. The van der Waals surface area contributed by atoms with Gasteiger partial charge >= 0.3 is 0 Å². The minimum absolute atomic E-state index is 0.673. The summed E-state index contributed by atoms with van der Waals surface area (Å²) >= 11 is 0. The van der Waals surface area contributed by atoms with Crippen molar-refractivity contribution in [3.8, 4) is 0 Å². The predicted molar refractivity (Wildman–Crippen MR) is 84.1 cm³/mol. The van der Waals surface area contributed by atoms with Gasteiger partial charge in [-0.05, 0) is 57.5 Å².